The van der Waals surface area contributed by atoms with E-state index in [2.05, 4.69) is 41.5 Å². The molecule has 0 bridgehead atoms. The number of rotatable bonds is 3. The first-order valence-corrected chi connectivity index (χ1v) is 6.56. The van der Waals surface area contributed by atoms with E-state index in [1.165, 1.54) is 11.8 Å². The van der Waals surface area contributed by atoms with Crippen molar-refractivity contribution < 1.29 is 4.74 Å². The molecule has 1 aliphatic heterocycles. The molecule has 18 heavy (non-hydrogen) atoms. The Morgan fingerprint density at radius 2 is 2.17 bits per heavy atom. The molecule has 1 aromatic carbocycles. The maximum absolute atomic E-state index is 5.81. The van der Waals surface area contributed by atoms with Crippen LogP contribution in [0.1, 0.15) is 19.8 Å². The Hall–Kier alpha value is -1.61. The number of ether oxygens (including phenoxy) is 1. The van der Waals surface area contributed by atoms with Gasteiger partial charge in [-0.05, 0) is 31.9 Å². The average Bonchev–Trinajstić information content (AvgIpc) is 2.82. The molecule has 0 saturated carbocycles. The van der Waals surface area contributed by atoms with Gasteiger partial charge in [0.1, 0.15) is 0 Å². The van der Waals surface area contributed by atoms with Crippen LogP contribution >= 0.6 is 0 Å². The number of aromatic nitrogens is 1. The molecule has 2 unspecified atom stereocenters. The van der Waals surface area contributed by atoms with Crippen LogP contribution < -0.4 is 5.32 Å². The highest BCUT2D eigenvalue weighted by molar-refractivity contribution is 5.90. The Balaban J connectivity index is 1.74. The molecule has 0 amide bonds. The largest absolute Gasteiger partial charge is 0.381 e. The van der Waals surface area contributed by atoms with Crippen LogP contribution in [0.2, 0.25) is 0 Å². The molecule has 2 heterocycles. The minimum Gasteiger partial charge on any atom is -0.381 e. The fourth-order valence-electron chi connectivity index (χ4n) is 2.51. The fourth-order valence-corrected chi connectivity index (χ4v) is 2.51. The summed E-state index contributed by atoms with van der Waals surface area (Å²) in [6.07, 6.45) is 4.88. The Bertz CT molecular complexity index is 536. The van der Waals surface area contributed by atoms with Gasteiger partial charge in [-0.1, -0.05) is 18.2 Å². The highest BCUT2D eigenvalue weighted by Gasteiger charge is 2.21. The molecule has 3 heteroatoms. The lowest BCUT2D eigenvalue weighted by atomic mass is 10.1. The van der Waals surface area contributed by atoms with Crippen molar-refractivity contribution in [3.63, 3.8) is 0 Å². The summed E-state index contributed by atoms with van der Waals surface area (Å²) in [5.41, 5.74) is 2.13. The van der Waals surface area contributed by atoms with Crippen molar-refractivity contribution in [1.29, 1.82) is 0 Å². The summed E-state index contributed by atoms with van der Waals surface area (Å²) in [7, 11) is 0. The third kappa shape index (κ3) is 2.31. The summed E-state index contributed by atoms with van der Waals surface area (Å²) in [5, 5.41) is 4.63. The zero-order valence-corrected chi connectivity index (χ0v) is 10.6. The van der Waals surface area contributed by atoms with E-state index in [0.717, 1.165) is 24.2 Å². The molecule has 2 aromatic rings. The second kappa shape index (κ2) is 4.94. The molecule has 1 aliphatic rings. The maximum Gasteiger partial charge on any atom is 0.0933 e. The molecule has 0 radical (unpaired) electrons. The summed E-state index contributed by atoms with van der Waals surface area (Å²) >= 11 is 0. The standard InChI is InChI=1S/C15H18N2O/c1-11-7-8-13(18-11)10-17-14-6-2-4-12-5-3-9-16-15(12)14/h2-6,9,11,13,17H,7-8,10H2,1H3. The molecule has 3 rings (SSSR count). The molecular weight excluding hydrogens is 224 g/mol. The lowest BCUT2D eigenvalue weighted by Crippen LogP contribution is -2.19. The van der Waals surface area contributed by atoms with E-state index < -0.39 is 0 Å². The summed E-state index contributed by atoms with van der Waals surface area (Å²) < 4.78 is 5.81. The van der Waals surface area contributed by atoms with Crippen LogP contribution in [0.4, 0.5) is 5.69 Å². The quantitative estimate of drug-likeness (QED) is 0.897. The van der Waals surface area contributed by atoms with E-state index >= 15 is 0 Å². The number of hydrogen-bond donors (Lipinski definition) is 1. The van der Waals surface area contributed by atoms with Crippen LogP contribution in [0.15, 0.2) is 36.5 Å². The molecule has 1 fully saturated rings. The number of anilines is 1. The Morgan fingerprint density at radius 1 is 1.28 bits per heavy atom. The van der Waals surface area contributed by atoms with Crippen LogP contribution in [0.25, 0.3) is 10.9 Å². The Kier molecular flexibility index (Phi) is 3.15. The van der Waals surface area contributed by atoms with E-state index in [0.29, 0.717) is 12.2 Å². The van der Waals surface area contributed by atoms with Gasteiger partial charge in [-0.3, -0.25) is 4.98 Å². The third-order valence-corrected chi connectivity index (χ3v) is 3.47. The van der Waals surface area contributed by atoms with Crippen LogP contribution in [0.5, 0.6) is 0 Å². The first-order valence-electron chi connectivity index (χ1n) is 6.56. The van der Waals surface area contributed by atoms with Gasteiger partial charge in [0, 0.05) is 18.1 Å². The smallest absolute Gasteiger partial charge is 0.0933 e. The lowest BCUT2D eigenvalue weighted by molar-refractivity contribution is 0.0637. The molecular formula is C15H18N2O. The SMILES string of the molecule is CC1CCC(CNc2cccc3cccnc23)O1. The second-order valence-corrected chi connectivity index (χ2v) is 4.91. The fraction of sp³-hybridized carbons (Fsp3) is 0.400. The van der Waals surface area contributed by atoms with E-state index in [1.807, 2.05) is 12.3 Å². The van der Waals surface area contributed by atoms with E-state index in [9.17, 15) is 0 Å². The molecule has 2 atom stereocenters. The highest BCUT2D eigenvalue weighted by atomic mass is 16.5. The lowest BCUT2D eigenvalue weighted by Gasteiger charge is -2.14. The highest BCUT2D eigenvalue weighted by Crippen LogP contribution is 2.23. The van der Waals surface area contributed by atoms with Gasteiger partial charge in [-0.15, -0.1) is 0 Å². The van der Waals surface area contributed by atoms with Gasteiger partial charge < -0.3 is 10.1 Å². The normalized spacial score (nSPS) is 23.4. The van der Waals surface area contributed by atoms with Crippen molar-refractivity contribution in [2.45, 2.75) is 32.0 Å². The maximum atomic E-state index is 5.81. The topological polar surface area (TPSA) is 34.2 Å². The zero-order valence-electron chi connectivity index (χ0n) is 10.6. The minimum absolute atomic E-state index is 0.332. The van der Waals surface area contributed by atoms with Gasteiger partial charge in [-0.25, -0.2) is 0 Å². The monoisotopic (exact) mass is 242 g/mol. The van der Waals surface area contributed by atoms with Gasteiger partial charge in [0.05, 0.1) is 23.4 Å². The van der Waals surface area contributed by atoms with E-state index in [-0.39, 0.29) is 0 Å². The predicted octanol–water partition coefficient (Wildman–Crippen LogP) is 3.21. The molecule has 1 saturated heterocycles. The van der Waals surface area contributed by atoms with Gasteiger partial charge in [-0.2, -0.15) is 0 Å². The van der Waals surface area contributed by atoms with E-state index in [1.54, 1.807) is 0 Å². The van der Waals surface area contributed by atoms with Gasteiger partial charge >= 0.3 is 0 Å². The summed E-state index contributed by atoms with van der Waals surface area (Å²) in [4.78, 5) is 4.44. The van der Waals surface area contributed by atoms with Gasteiger partial charge in [0.15, 0.2) is 0 Å². The first-order chi connectivity index (χ1) is 8.83. The predicted molar refractivity (Wildman–Crippen MR) is 73.8 cm³/mol. The van der Waals surface area contributed by atoms with Crippen molar-refractivity contribution in [3.05, 3.63) is 36.5 Å². The molecule has 1 N–H and O–H groups in total. The molecule has 3 nitrogen and oxygen atoms in total. The average molecular weight is 242 g/mol. The summed E-state index contributed by atoms with van der Waals surface area (Å²) in [6.45, 7) is 3.00. The van der Waals surface area contributed by atoms with Crippen LogP contribution in [-0.4, -0.2) is 23.7 Å². The van der Waals surface area contributed by atoms with Crippen molar-refractivity contribution in [3.8, 4) is 0 Å². The Labute approximate surface area is 107 Å². The van der Waals surface area contributed by atoms with Crippen LogP contribution in [-0.2, 0) is 4.74 Å². The number of hydrogen-bond acceptors (Lipinski definition) is 3. The Morgan fingerprint density at radius 3 is 3.00 bits per heavy atom. The third-order valence-electron chi connectivity index (χ3n) is 3.47. The van der Waals surface area contributed by atoms with Crippen molar-refractivity contribution >= 4 is 16.6 Å². The first kappa shape index (κ1) is 11.5. The molecule has 1 aromatic heterocycles. The van der Waals surface area contributed by atoms with Crippen LogP contribution in [0.3, 0.4) is 0 Å². The number of benzene rings is 1. The molecule has 0 aliphatic carbocycles. The number of para-hydroxylation sites is 1. The van der Waals surface area contributed by atoms with Crippen molar-refractivity contribution in [2.75, 3.05) is 11.9 Å². The summed E-state index contributed by atoms with van der Waals surface area (Å²) in [5.74, 6) is 0. The number of fused-ring (bicyclic) bond motifs is 1. The number of nitrogens with zero attached hydrogens (tertiary/aromatic N) is 1. The molecule has 0 spiro atoms. The van der Waals surface area contributed by atoms with Crippen molar-refractivity contribution in [1.82, 2.24) is 4.98 Å². The second-order valence-electron chi connectivity index (χ2n) is 4.91. The van der Waals surface area contributed by atoms with Gasteiger partial charge in [0.2, 0.25) is 0 Å². The minimum atomic E-state index is 0.332. The van der Waals surface area contributed by atoms with Crippen LogP contribution in [0, 0.1) is 0 Å². The number of pyridine rings is 1. The summed E-state index contributed by atoms with van der Waals surface area (Å²) in [6, 6.07) is 10.3. The van der Waals surface area contributed by atoms with Crippen molar-refractivity contribution in [2.24, 2.45) is 0 Å². The van der Waals surface area contributed by atoms with Gasteiger partial charge in [0.25, 0.3) is 0 Å². The number of nitrogens with one attached hydrogen (secondary N) is 1. The zero-order chi connectivity index (χ0) is 12.4. The molecule has 94 valence electrons. The van der Waals surface area contributed by atoms with E-state index in [4.69, 9.17) is 4.74 Å².